The van der Waals surface area contributed by atoms with Crippen molar-refractivity contribution in [3.8, 4) is 11.5 Å². The number of rotatable bonds is 8. The van der Waals surface area contributed by atoms with Crippen molar-refractivity contribution in [2.75, 3.05) is 18.2 Å². The van der Waals surface area contributed by atoms with Crippen LogP contribution >= 0.6 is 23.1 Å². The minimum absolute atomic E-state index is 0.0422. The number of thioether (sulfide) groups is 1. The van der Waals surface area contributed by atoms with Crippen LogP contribution in [0.2, 0.25) is 0 Å². The highest BCUT2D eigenvalue weighted by Gasteiger charge is 2.13. The number of methoxy groups -OCH3 is 1. The summed E-state index contributed by atoms with van der Waals surface area (Å²) < 4.78 is 29.9. The molecule has 0 bridgehead atoms. The standard InChI is InChI=1S/C19H15FN4O4S2/c1-26-13-6-7-14-15(8-13)30-18(21-14)22-16(25)10-29-19-24-23-17(28-19)9-27-12-4-2-11(20)3-5-12/h2-8H,9-10H2,1H3,(H,21,22,25). The number of aromatic nitrogens is 3. The largest absolute Gasteiger partial charge is 0.497 e. The zero-order chi connectivity index (χ0) is 20.9. The van der Waals surface area contributed by atoms with E-state index in [4.69, 9.17) is 13.9 Å². The van der Waals surface area contributed by atoms with Gasteiger partial charge in [-0.25, -0.2) is 9.37 Å². The van der Waals surface area contributed by atoms with Crippen LogP contribution in [0, 0.1) is 5.82 Å². The fourth-order valence-electron chi connectivity index (χ4n) is 2.40. The van der Waals surface area contributed by atoms with E-state index in [9.17, 15) is 9.18 Å². The molecule has 0 atom stereocenters. The Morgan fingerprint density at radius 2 is 2.00 bits per heavy atom. The number of hydrogen-bond acceptors (Lipinski definition) is 9. The van der Waals surface area contributed by atoms with Crippen LogP contribution in [0.25, 0.3) is 10.2 Å². The fourth-order valence-corrected chi connectivity index (χ4v) is 3.89. The molecule has 4 aromatic rings. The normalized spacial score (nSPS) is 10.9. The molecule has 0 unspecified atom stereocenters. The molecule has 8 nitrogen and oxygen atoms in total. The number of carbonyl (C=O) groups is 1. The number of halogens is 1. The van der Waals surface area contributed by atoms with Crippen molar-refractivity contribution in [2.45, 2.75) is 11.8 Å². The van der Waals surface area contributed by atoms with Crippen molar-refractivity contribution in [1.29, 1.82) is 0 Å². The van der Waals surface area contributed by atoms with Crippen molar-refractivity contribution in [3.05, 3.63) is 54.2 Å². The molecule has 0 aliphatic carbocycles. The van der Waals surface area contributed by atoms with Crippen LogP contribution in [0.4, 0.5) is 9.52 Å². The van der Waals surface area contributed by atoms with Crippen molar-refractivity contribution in [2.24, 2.45) is 0 Å². The molecule has 11 heteroatoms. The maximum Gasteiger partial charge on any atom is 0.277 e. The molecule has 0 spiro atoms. The SMILES string of the molecule is COc1ccc2nc(NC(=O)CSc3nnc(COc4ccc(F)cc4)o3)sc2c1. The molecule has 2 aromatic carbocycles. The summed E-state index contributed by atoms with van der Waals surface area (Å²) >= 11 is 2.47. The number of thiazole rings is 1. The number of anilines is 1. The number of ether oxygens (including phenoxy) is 2. The Bertz CT molecular complexity index is 1160. The predicted molar refractivity (Wildman–Crippen MR) is 111 cm³/mol. The lowest BCUT2D eigenvalue weighted by Gasteiger charge is -2.02. The molecule has 0 saturated carbocycles. The molecule has 0 saturated heterocycles. The first kappa shape index (κ1) is 20.1. The lowest BCUT2D eigenvalue weighted by Crippen LogP contribution is -2.13. The van der Waals surface area contributed by atoms with E-state index in [1.807, 2.05) is 18.2 Å². The van der Waals surface area contributed by atoms with Gasteiger partial charge in [0.1, 0.15) is 17.3 Å². The molecule has 2 heterocycles. The maximum atomic E-state index is 12.9. The summed E-state index contributed by atoms with van der Waals surface area (Å²) in [6, 6.07) is 11.1. The zero-order valence-electron chi connectivity index (χ0n) is 15.6. The molecule has 0 fully saturated rings. The fraction of sp³-hybridized carbons (Fsp3) is 0.158. The average molecular weight is 446 g/mol. The van der Waals surface area contributed by atoms with Crippen LogP contribution in [0.3, 0.4) is 0 Å². The summed E-state index contributed by atoms with van der Waals surface area (Å²) in [6.07, 6.45) is 0. The van der Waals surface area contributed by atoms with Gasteiger partial charge in [-0.1, -0.05) is 23.1 Å². The third kappa shape index (κ3) is 5.05. The number of amides is 1. The van der Waals surface area contributed by atoms with Crippen molar-refractivity contribution < 1.29 is 23.1 Å². The summed E-state index contributed by atoms with van der Waals surface area (Å²) in [5.74, 6) is 0.963. The van der Waals surface area contributed by atoms with Gasteiger partial charge in [-0.3, -0.25) is 4.79 Å². The first-order chi connectivity index (χ1) is 14.6. The Morgan fingerprint density at radius 3 is 2.80 bits per heavy atom. The summed E-state index contributed by atoms with van der Waals surface area (Å²) in [7, 11) is 1.60. The molecule has 154 valence electrons. The van der Waals surface area contributed by atoms with E-state index in [0.717, 1.165) is 27.7 Å². The van der Waals surface area contributed by atoms with Crippen molar-refractivity contribution >= 4 is 44.4 Å². The van der Waals surface area contributed by atoms with Gasteiger partial charge in [0.15, 0.2) is 11.7 Å². The summed E-state index contributed by atoms with van der Waals surface area (Å²) in [6.45, 7) is 0.0422. The Morgan fingerprint density at radius 1 is 1.20 bits per heavy atom. The smallest absolute Gasteiger partial charge is 0.277 e. The van der Waals surface area contributed by atoms with Gasteiger partial charge in [0, 0.05) is 0 Å². The Balaban J connectivity index is 1.27. The van der Waals surface area contributed by atoms with E-state index in [-0.39, 0.29) is 35.2 Å². The van der Waals surface area contributed by atoms with Crippen LogP contribution in [-0.2, 0) is 11.4 Å². The lowest BCUT2D eigenvalue weighted by molar-refractivity contribution is -0.113. The van der Waals surface area contributed by atoms with Crippen LogP contribution < -0.4 is 14.8 Å². The first-order valence-electron chi connectivity index (χ1n) is 8.67. The van der Waals surface area contributed by atoms with Crippen LogP contribution in [0.5, 0.6) is 11.5 Å². The Kier molecular flexibility index (Phi) is 6.10. The van der Waals surface area contributed by atoms with Gasteiger partial charge in [-0.05, 0) is 42.5 Å². The molecule has 0 aliphatic rings. The molecule has 2 aromatic heterocycles. The first-order valence-corrected chi connectivity index (χ1v) is 10.5. The summed E-state index contributed by atoms with van der Waals surface area (Å²) in [4.78, 5) is 16.6. The monoisotopic (exact) mass is 446 g/mol. The number of nitrogens with zero attached hydrogens (tertiary/aromatic N) is 3. The van der Waals surface area contributed by atoms with E-state index in [2.05, 4.69) is 20.5 Å². The van der Waals surface area contributed by atoms with E-state index in [1.54, 1.807) is 7.11 Å². The minimum Gasteiger partial charge on any atom is -0.497 e. The second-order valence-corrected chi connectivity index (χ2v) is 7.85. The molecular formula is C19H15FN4O4S2. The van der Waals surface area contributed by atoms with E-state index in [1.165, 1.54) is 35.6 Å². The van der Waals surface area contributed by atoms with Gasteiger partial charge in [0.05, 0.1) is 23.1 Å². The number of hydrogen-bond donors (Lipinski definition) is 1. The third-order valence-corrected chi connectivity index (χ3v) is 5.55. The number of fused-ring (bicyclic) bond motifs is 1. The number of nitrogens with one attached hydrogen (secondary N) is 1. The highest BCUT2D eigenvalue weighted by molar-refractivity contribution is 7.99. The maximum absolute atomic E-state index is 12.9. The number of carbonyl (C=O) groups excluding carboxylic acids is 1. The van der Waals surface area contributed by atoms with E-state index in [0.29, 0.717) is 10.9 Å². The topological polar surface area (TPSA) is 99.4 Å². The van der Waals surface area contributed by atoms with Gasteiger partial charge in [0.2, 0.25) is 5.91 Å². The van der Waals surface area contributed by atoms with Gasteiger partial charge >= 0.3 is 0 Å². The van der Waals surface area contributed by atoms with Crippen molar-refractivity contribution in [1.82, 2.24) is 15.2 Å². The molecular weight excluding hydrogens is 431 g/mol. The Labute approximate surface area is 178 Å². The summed E-state index contributed by atoms with van der Waals surface area (Å²) in [5.41, 5.74) is 0.784. The highest BCUT2D eigenvalue weighted by atomic mass is 32.2. The van der Waals surface area contributed by atoms with E-state index < -0.39 is 0 Å². The second kappa shape index (κ2) is 9.09. The highest BCUT2D eigenvalue weighted by Crippen LogP contribution is 2.29. The molecule has 30 heavy (non-hydrogen) atoms. The molecule has 0 aliphatic heterocycles. The van der Waals surface area contributed by atoms with Gasteiger partial charge in [-0.2, -0.15) is 0 Å². The number of benzene rings is 2. The average Bonchev–Trinajstić information content (AvgIpc) is 3.37. The van der Waals surface area contributed by atoms with Crippen LogP contribution in [-0.4, -0.2) is 34.0 Å². The predicted octanol–water partition coefficient (Wildman–Crippen LogP) is 4.14. The van der Waals surface area contributed by atoms with Gasteiger partial charge in [-0.15, -0.1) is 10.2 Å². The second-order valence-electron chi connectivity index (χ2n) is 5.89. The Hall–Kier alpha value is -3.18. The zero-order valence-corrected chi connectivity index (χ0v) is 17.3. The minimum atomic E-state index is -0.345. The molecule has 1 N–H and O–H groups in total. The van der Waals surface area contributed by atoms with Gasteiger partial charge in [0.25, 0.3) is 11.1 Å². The lowest BCUT2D eigenvalue weighted by atomic mass is 10.3. The third-order valence-electron chi connectivity index (χ3n) is 3.79. The molecule has 0 radical (unpaired) electrons. The van der Waals surface area contributed by atoms with Crippen molar-refractivity contribution in [3.63, 3.8) is 0 Å². The summed E-state index contributed by atoms with van der Waals surface area (Å²) in [5, 5.41) is 11.2. The molecule has 4 rings (SSSR count). The van der Waals surface area contributed by atoms with E-state index >= 15 is 0 Å². The van der Waals surface area contributed by atoms with Crippen LogP contribution in [0.1, 0.15) is 5.89 Å². The quantitative estimate of drug-likeness (QED) is 0.403. The molecule has 1 amide bonds. The van der Waals surface area contributed by atoms with Gasteiger partial charge < -0.3 is 19.2 Å². The van der Waals surface area contributed by atoms with Crippen LogP contribution in [0.15, 0.2) is 52.1 Å².